The Bertz CT molecular complexity index is 248. The molecule has 1 aromatic rings. The first-order valence-corrected chi connectivity index (χ1v) is 4.24. The van der Waals surface area contributed by atoms with Crippen molar-refractivity contribution in [2.75, 3.05) is 17.1 Å². The summed E-state index contributed by atoms with van der Waals surface area (Å²) in [4.78, 5) is 0. The van der Waals surface area contributed by atoms with Crippen LogP contribution in [-0.4, -0.2) is 17.0 Å². The Morgan fingerprint density at radius 1 is 1.31 bits per heavy atom. The third-order valence-corrected chi connectivity index (χ3v) is 1.73. The van der Waals surface area contributed by atoms with Gasteiger partial charge in [0, 0.05) is 6.54 Å². The zero-order valence-corrected chi connectivity index (χ0v) is 7.57. The number of hydrogen-bond acceptors (Lipinski definition) is 4. The molecule has 0 aliphatic carbocycles. The average molecular weight is 182 g/mol. The van der Waals surface area contributed by atoms with Crippen molar-refractivity contribution >= 4 is 11.4 Å². The summed E-state index contributed by atoms with van der Waals surface area (Å²) < 4.78 is 0. The molecule has 0 fully saturated rings. The summed E-state index contributed by atoms with van der Waals surface area (Å²) in [6.07, 6.45) is 0.885. The van der Waals surface area contributed by atoms with E-state index in [0.29, 0.717) is 12.2 Å². The molecule has 72 valence electrons. The predicted octanol–water partition coefficient (Wildman–Crippen LogP) is 2.09. The second-order valence-electron chi connectivity index (χ2n) is 2.78. The van der Waals surface area contributed by atoms with Crippen molar-refractivity contribution in [3.63, 3.8) is 0 Å². The zero-order chi connectivity index (χ0) is 9.68. The van der Waals surface area contributed by atoms with Gasteiger partial charge in [-0.1, -0.05) is 6.92 Å². The largest absolute Gasteiger partial charge is 0.291 e. The average Bonchev–Trinajstić information content (AvgIpc) is 2.18. The summed E-state index contributed by atoms with van der Waals surface area (Å²) in [5, 5.41) is 19.2. The van der Waals surface area contributed by atoms with E-state index >= 15 is 0 Å². The summed E-state index contributed by atoms with van der Waals surface area (Å²) in [6.45, 7) is 2.60. The van der Waals surface area contributed by atoms with E-state index in [9.17, 15) is 5.21 Å². The zero-order valence-electron chi connectivity index (χ0n) is 7.57. The molecule has 0 radical (unpaired) electrons. The van der Waals surface area contributed by atoms with Crippen LogP contribution in [0, 0.1) is 0 Å². The van der Waals surface area contributed by atoms with Gasteiger partial charge in [-0.2, -0.15) is 0 Å². The van der Waals surface area contributed by atoms with Crippen molar-refractivity contribution in [2.24, 2.45) is 0 Å². The van der Waals surface area contributed by atoms with Gasteiger partial charge in [0.1, 0.15) is 0 Å². The van der Waals surface area contributed by atoms with Crippen molar-refractivity contribution in [2.45, 2.75) is 13.3 Å². The number of rotatable bonds is 4. The number of benzene rings is 1. The molecule has 4 heteroatoms. The molecule has 1 rings (SSSR count). The van der Waals surface area contributed by atoms with Crippen LogP contribution in [0.5, 0.6) is 0 Å². The quantitative estimate of drug-likeness (QED) is 0.624. The third kappa shape index (κ3) is 2.61. The van der Waals surface area contributed by atoms with Gasteiger partial charge in [-0.15, -0.1) is 0 Å². The van der Waals surface area contributed by atoms with E-state index in [1.807, 2.05) is 12.4 Å². The Morgan fingerprint density at radius 2 is 1.92 bits per heavy atom. The molecule has 0 saturated carbocycles. The topological polar surface area (TPSA) is 55.7 Å². The molecular weight excluding hydrogens is 168 g/mol. The SMILES string of the molecule is CCCN(O)c1ccc(NO)cc1. The van der Waals surface area contributed by atoms with E-state index in [4.69, 9.17) is 5.21 Å². The smallest absolute Gasteiger partial charge is 0.0635 e. The van der Waals surface area contributed by atoms with E-state index in [1.165, 1.54) is 5.06 Å². The minimum Gasteiger partial charge on any atom is -0.291 e. The number of anilines is 2. The highest BCUT2D eigenvalue weighted by Crippen LogP contribution is 2.15. The molecule has 0 saturated heterocycles. The lowest BCUT2D eigenvalue weighted by atomic mass is 10.3. The highest BCUT2D eigenvalue weighted by Gasteiger charge is 2.00. The van der Waals surface area contributed by atoms with Gasteiger partial charge in [-0.05, 0) is 30.7 Å². The molecule has 0 aliphatic heterocycles. The molecule has 4 nitrogen and oxygen atoms in total. The summed E-state index contributed by atoms with van der Waals surface area (Å²) >= 11 is 0. The molecule has 0 amide bonds. The third-order valence-electron chi connectivity index (χ3n) is 1.73. The van der Waals surface area contributed by atoms with Crippen LogP contribution in [0.1, 0.15) is 13.3 Å². The maximum atomic E-state index is 9.43. The lowest BCUT2D eigenvalue weighted by Crippen LogP contribution is -2.18. The number of hydrogen-bond donors (Lipinski definition) is 3. The second-order valence-corrected chi connectivity index (χ2v) is 2.78. The predicted molar refractivity (Wildman–Crippen MR) is 51.3 cm³/mol. The van der Waals surface area contributed by atoms with Gasteiger partial charge >= 0.3 is 0 Å². The maximum Gasteiger partial charge on any atom is 0.0635 e. The Kier molecular flexibility index (Phi) is 3.54. The molecule has 0 aromatic heterocycles. The summed E-state index contributed by atoms with van der Waals surface area (Å²) in [6, 6.07) is 6.84. The highest BCUT2D eigenvalue weighted by molar-refractivity contribution is 5.52. The van der Waals surface area contributed by atoms with E-state index in [2.05, 4.69) is 0 Å². The van der Waals surface area contributed by atoms with Gasteiger partial charge in [0.15, 0.2) is 0 Å². The van der Waals surface area contributed by atoms with E-state index in [0.717, 1.165) is 12.1 Å². The van der Waals surface area contributed by atoms with Crippen molar-refractivity contribution in [3.8, 4) is 0 Å². The number of nitrogens with one attached hydrogen (secondary N) is 1. The lowest BCUT2D eigenvalue weighted by molar-refractivity contribution is 0.254. The first-order valence-electron chi connectivity index (χ1n) is 4.24. The molecule has 13 heavy (non-hydrogen) atoms. The standard InChI is InChI=1S/C9H14N2O2/c1-2-7-11(13)9-5-3-8(10-12)4-6-9/h3-6,10,12-13H,2,7H2,1H3. The summed E-state index contributed by atoms with van der Waals surface area (Å²) in [5.74, 6) is 0. The van der Waals surface area contributed by atoms with E-state index in [-0.39, 0.29) is 0 Å². The molecule has 0 heterocycles. The van der Waals surface area contributed by atoms with E-state index < -0.39 is 0 Å². The minimum atomic E-state index is 0.603. The van der Waals surface area contributed by atoms with E-state index in [1.54, 1.807) is 24.3 Å². The van der Waals surface area contributed by atoms with Crippen molar-refractivity contribution in [1.82, 2.24) is 0 Å². The monoisotopic (exact) mass is 182 g/mol. The Morgan fingerprint density at radius 3 is 2.38 bits per heavy atom. The number of nitrogens with zero attached hydrogens (tertiary/aromatic N) is 1. The van der Waals surface area contributed by atoms with Crippen LogP contribution in [-0.2, 0) is 0 Å². The number of hydroxylamine groups is 1. The fourth-order valence-corrected chi connectivity index (χ4v) is 1.05. The van der Waals surface area contributed by atoms with Crippen molar-refractivity contribution in [3.05, 3.63) is 24.3 Å². The first-order chi connectivity index (χ1) is 6.27. The molecule has 0 aliphatic rings. The highest BCUT2D eigenvalue weighted by atomic mass is 16.5. The maximum absolute atomic E-state index is 9.43. The molecule has 0 bridgehead atoms. The molecule has 0 unspecified atom stereocenters. The lowest BCUT2D eigenvalue weighted by Gasteiger charge is -2.15. The molecule has 1 aromatic carbocycles. The Balaban J connectivity index is 2.67. The van der Waals surface area contributed by atoms with Crippen LogP contribution >= 0.6 is 0 Å². The molecule has 0 spiro atoms. The fourth-order valence-electron chi connectivity index (χ4n) is 1.05. The fraction of sp³-hybridized carbons (Fsp3) is 0.333. The first kappa shape index (κ1) is 9.83. The molecular formula is C9H14N2O2. The van der Waals surface area contributed by atoms with Crippen molar-refractivity contribution < 1.29 is 10.4 Å². The van der Waals surface area contributed by atoms with Crippen molar-refractivity contribution in [1.29, 1.82) is 0 Å². The minimum absolute atomic E-state index is 0.603. The summed E-state index contributed by atoms with van der Waals surface area (Å²) in [5.41, 5.74) is 3.35. The van der Waals surface area contributed by atoms with Crippen LogP contribution in [0.2, 0.25) is 0 Å². The Hall–Kier alpha value is -1.26. The van der Waals surface area contributed by atoms with Gasteiger partial charge in [-0.3, -0.25) is 21.0 Å². The summed E-state index contributed by atoms with van der Waals surface area (Å²) in [7, 11) is 0. The Labute approximate surface area is 77.3 Å². The van der Waals surface area contributed by atoms with Crippen LogP contribution in [0.3, 0.4) is 0 Å². The normalized spacial score (nSPS) is 9.77. The van der Waals surface area contributed by atoms with Gasteiger partial charge in [0.2, 0.25) is 0 Å². The van der Waals surface area contributed by atoms with Crippen LogP contribution in [0.25, 0.3) is 0 Å². The van der Waals surface area contributed by atoms with Crippen LogP contribution in [0.4, 0.5) is 11.4 Å². The second kappa shape index (κ2) is 4.69. The van der Waals surface area contributed by atoms with Gasteiger partial charge in [0.25, 0.3) is 0 Å². The van der Waals surface area contributed by atoms with Gasteiger partial charge < -0.3 is 0 Å². The van der Waals surface area contributed by atoms with Gasteiger partial charge in [0.05, 0.1) is 11.4 Å². The molecule has 3 N–H and O–H groups in total. The van der Waals surface area contributed by atoms with Crippen LogP contribution < -0.4 is 10.5 Å². The van der Waals surface area contributed by atoms with Crippen LogP contribution in [0.15, 0.2) is 24.3 Å². The van der Waals surface area contributed by atoms with Gasteiger partial charge in [-0.25, -0.2) is 0 Å². The molecule has 0 atom stereocenters.